The van der Waals surface area contributed by atoms with Crippen LogP contribution in [0.15, 0.2) is 18.2 Å². The van der Waals surface area contributed by atoms with Crippen LogP contribution in [0.1, 0.15) is 99.4 Å². The molecule has 1 saturated carbocycles. The Morgan fingerprint density at radius 1 is 0.818 bits per heavy atom. The van der Waals surface area contributed by atoms with E-state index < -0.39 is 0 Å². The molecule has 4 aliphatic rings. The molecule has 0 bridgehead atoms. The first-order chi connectivity index (χ1) is 16.3. The van der Waals surface area contributed by atoms with Gasteiger partial charge in [-0.3, -0.25) is 4.90 Å². The number of hydrogen-bond acceptors (Lipinski definition) is 3. The second-order valence-electron chi connectivity index (χ2n) is 11.4. The van der Waals surface area contributed by atoms with Crippen LogP contribution < -0.4 is 0 Å². The molecule has 6 rings (SSSR count). The third-order valence-corrected chi connectivity index (χ3v) is 9.20. The summed E-state index contributed by atoms with van der Waals surface area (Å²) in [6.45, 7) is 6.16. The molecule has 2 atom stereocenters. The van der Waals surface area contributed by atoms with Gasteiger partial charge in [-0.05, 0) is 87.2 Å². The summed E-state index contributed by atoms with van der Waals surface area (Å²) in [6, 6.07) is 7.96. The largest absolute Gasteiger partial charge is 0.390 e. The van der Waals surface area contributed by atoms with Crippen LogP contribution in [-0.4, -0.2) is 58.3 Å². The predicted molar refractivity (Wildman–Crippen MR) is 136 cm³/mol. The van der Waals surface area contributed by atoms with Crippen molar-refractivity contribution in [2.24, 2.45) is 0 Å². The van der Waals surface area contributed by atoms with Gasteiger partial charge in [0.25, 0.3) is 0 Å². The first-order valence-electron chi connectivity index (χ1n) is 14.1. The molecule has 0 spiro atoms. The van der Waals surface area contributed by atoms with E-state index in [2.05, 4.69) is 32.6 Å². The minimum atomic E-state index is -0.234. The smallest absolute Gasteiger partial charge is 0.0794 e. The van der Waals surface area contributed by atoms with Gasteiger partial charge in [0.05, 0.1) is 12.1 Å². The van der Waals surface area contributed by atoms with Crippen molar-refractivity contribution in [2.75, 3.05) is 32.7 Å². The van der Waals surface area contributed by atoms with Gasteiger partial charge in [-0.1, -0.05) is 38.2 Å². The summed E-state index contributed by atoms with van der Waals surface area (Å²) in [7, 11) is 0. The zero-order valence-corrected chi connectivity index (χ0v) is 20.5. The molecule has 4 nitrogen and oxygen atoms in total. The van der Waals surface area contributed by atoms with Crippen molar-refractivity contribution in [1.82, 2.24) is 14.4 Å². The fourth-order valence-electron chi connectivity index (χ4n) is 7.55. The standard InChI is InChI=1S/C29H43N3O/c33-24(20-30-15-6-1-2-7-16-30)21-31-17-18-32-27-14-13-23(22-9-4-3-5-10-22)19-26(27)25-11-8-12-28(31)29(25)32/h13-14,19,22,24,28,33H,1-12,15-18,20-21H2/t24-,28+/m1/s1. The van der Waals surface area contributed by atoms with E-state index in [4.69, 9.17) is 0 Å². The second-order valence-corrected chi connectivity index (χ2v) is 11.4. The van der Waals surface area contributed by atoms with E-state index in [-0.39, 0.29) is 6.10 Å². The lowest BCUT2D eigenvalue weighted by molar-refractivity contribution is 0.0426. The van der Waals surface area contributed by atoms with Crippen LogP contribution in [0.2, 0.25) is 0 Å². The number of aryl methyl sites for hydroxylation is 1. The minimum absolute atomic E-state index is 0.234. The summed E-state index contributed by atoms with van der Waals surface area (Å²) in [5, 5.41) is 12.6. The van der Waals surface area contributed by atoms with Crippen molar-refractivity contribution in [3.8, 4) is 0 Å². The summed E-state index contributed by atoms with van der Waals surface area (Å²) >= 11 is 0. The highest BCUT2D eigenvalue weighted by atomic mass is 16.3. The lowest BCUT2D eigenvalue weighted by Gasteiger charge is -2.41. The highest BCUT2D eigenvalue weighted by Crippen LogP contribution is 2.44. The quantitative estimate of drug-likeness (QED) is 0.643. The average Bonchev–Trinajstić information content (AvgIpc) is 2.98. The van der Waals surface area contributed by atoms with Crippen molar-refractivity contribution in [1.29, 1.82) is 0 Å². The Morgan fingerprint density at radius 3 is 2.42 bits per heavy atom. The lowest BCUT2D eigenvalue weighted by atomic mass is 9.83. The second kappa shape index (κ2) is 9.71. The molecule has 2 aliphatic carbocycles. The summed E-state index contributed by atoms with van der Waals surface area (Å²) in [5.41, 5.74) is 6.28. The molecule has 180 valence electrons. The Morgan fingerprint density at radius 2 is 1.61 bits per heavy atom. The van der Waals surface area contributed by atoms with E-state index in [1.54, 1.807) is 22.2 Å². The Bertz CT molecular complexity index is 951. The van der Waals surface area contributed by atoms with Crippen LogP contribution in [0, 0.1) is 0 Å². The van der Waals surface area contributed by atoms with Crippen LogP contribution in [-0.2, 0) is 13.0 Å². The molecule has 2 aromatic rings. The Labute approximate surface area is 199 Å². The number of aliphatic hydroxyl groups is 1. The third kappa shape index (κ3) is 4.39. The number of aliphatic hydroxyl groups excluding tert-OH is 1. The van der Waals surface area contributed by atoms with E-state index >= 15 is 0 Å². The van der Waals surface area contributed by atoms with Gasteiger partial charge in [0.15, 0.2) is 0 Å². The fraction of sp³-hybridized carbons (Fsp3) is 0.724. The topological polar surface area (TPSA) is 31.6 Å². The van der Waals surface area contributed by atoms with Gasteiger partial charge in [0.1, 0.15) is 0 Å². The van der Waals surface area contributed by atoms with Crippen molar-refractivity contribution in [3.63, 3.8) is 0 Å². The van der Waals surface area contributed by atoms with E-state index in [1.165, 1.54) is 95.7 Å². The molecule has 4 heteroatoms. The van der Waals surface area contributed by atoms with Gasteiger partial charge >= 0.3 is 0 Å². The molecule has 3 heterocycles. The summed E-state index contributed by atoms with van der Waals surface area (Å²) in [5.74, 6) is 0.775. The van der Waals surface area contributed by atoms with E-state index in [9.17, 15) is 5.11 Å². The van der Waals surface area contributed by atoms with Crippen LogP contribution in [0.25, 0.3) is 10.9 Å². The number of rotatable bonds is 5. The van der Waals surface area contributed by atoms with Gasteiger partial charge in [0.2, 0.25) is 0 Å². The zero-order valence-electron chi connectivity index (χ0n) is 20.5. The lowest BCUT2D eigenvalue weighted by Crippen LogP contribution is -2.46. The molecule has 1 N–H and O–H groups in total. The van der Waals surface area contributed by atoms with E-state index in [0.717, 1.165) is 32.1 Å². The Hall–Kier alpha value is -1.36. The number of aromatic nitrogens is 1. The van der Waals surface area contributed by atoms with Crippen molar-refractivity contribution in [2.45, 2.75) is 102 Å². The van der Waals surface area contributed by atoms with Crippen LogP contribution >= 0.6 is 0 Å². The molecule has 2 fully saturated rings. The normalized spacial score (nSPS) is 26.3. The summed E-state index contributed by atoms with van der Waals surface area (Å²) in [6.07, 6.45) is 15.8. The molecule has 0 radical (unpaired) electrons. The molecular formula is C29H43N3O. The highest BCUT2D eigenvalue weighted by molar-refractivity contribution is 5.87. The minimum Gasteiger partial charge on any atom is -0.390 e. The molecule has 0 amide bonds. The molecule has 1 saturated heterocycles. The maximum Gasteiger partial charge on any atom is 0.0794 e. The van der Waals surface area contributed by atoms with Crippen molar-refractivity contribution < 1.29 is 5.11 Å². The van der Waals surface area contributed by atoms with E-state index in [0.29, 0.717) is 6.04 Å². The molecule has 33 heavy (non-hydrogen) atoms. The average molecular weight is 450 g/mol. The molecular weight excluding hydrogens is 406 g/mol. The SMILES string of the molecule is O[C@H](CN1CCCCCC1)CN1CCn2c3c(c4cc(C5CCCCC5)ccc42)CCC[C@@H]31. The van der Waals surface area contributed by atoms with Crippen LogP contribution in [0.5, 0.6) is 0 Å². The molecule has 0 unspecified atom stereocenters. The third-order valence-electron chi connectivity index (χ3n) is 9.20. The van der Waals surface area contributed by atoms with Gasteiger partial charge in [-0.25, -0.2) is 0 Å². The van der Waals surface area contributed by atoms with Gasteiger partial charge in [0, 0.05) is 42.8 Å². The van der Waals surface area contributed by atoms with Crippen molar-refractivity contribution >= 4 is 10.9 Å². The predicted octanol–water partition coefficient (Wildman–Crippen LogP) is 5.62. The maximum absolute atomic E-state index is 11.0. The maximum atomic E-state index is 11.0. The van der Waals surface area contributed by atoms with Crippen molar-refractivity contribution in [3.05, 3.63) is 35.0 Å². The van der Waals surface area contributed by atoms with E-state index in [1.807, 2.05) is 0 Å². The zero-order chi connectivity index (χ0) is 22.2. The fourth-order valence-corrected chi connectivity index (χ4v) is 7.55. The number of fused-ring (bicyclic) bond motifs is 3. The van der Waals surface area contributed by atoms with Gasteiger partial charge < -0.3 is 14.6 Å². The first-order valence-corrected chi connectivity index (χ1v) is 14.1. The van der Waals surface area contributed by atoms with Gasteiger partial charge in [-0.2, -0.15) is 0 Å². The van der Waals surface area contributed by atoms with Crippen LogP contribution in [0.3, 0.4) is 0 Å². The number of β-amino-alcohol motifs (C(OH)–C–C–N with tert-alkyl or cyclic N) is 1. The number of benzene rings is 1. The summed E-state index contributed by atoms with van der Waals surface area (Å²) in [4.78, 5) is 5.14. The number of likely N-dealkylation sites (tertiary alicyclic amines) is 1. The molecule has 1 aromatic heterocycles. The number of hydrogen-bond donors (Lipinski definition) is 1. The monoisotopic (exact) mass is 449 g/mol. The first kappa shape index (κ1) is 22.1. The molecule has 1 aromatic carbocycles. The van der Waals surface area contributed by atoms with Crippen LogP contribution in [0.4, 0.5) is 0 Å². The Balaban J connectivity index is 1.23. The Kier molecular flexibility index (Phi) is 6.51. The number of nitrogens with zero attached hydrogens (tertiary/aromatic N) is 3. The molecule has 2 aliphatic heterocycles. The highest BCUT2D eigenvalue weighted by Gasteiger charge is 2.35. The summed E-state index contributed by atoms with van der Waals surface area (Å²) < 4.78 is 2.65. The van der Waals surface area contributed by atoms with Gasteiger partial charge in [-0.15, -0.1) is 0 Å².